The second kappa shape index (κ2) is 4.48. The number of nitrogens with zero attached hydrogens (tertiary/aromatic N) is 1. The van der Waals surface area contributed by atoms with Crippen molar-refractivity contribution in [2.24, 2.45) is 0 Å². The SMILES string of the molecule is Cc1ccc(Cc2nc3ccccc3[se]2)cc1. The summed E-state index contributed by atoms with van der Waals surface area (Å²) >= 11 is 0.418. The van der Waals surface area contributed by atoms with Crippen molar-refractivity contribution in [2.45, 2.75) is 13.3 Å². The van der Waals surface area contributed by atoms with Crippen LogP contribution in [-0.2, 0) is 6.42 Å². The first-order valence-electron chi connectivity index (χ1n) is 5.71. The first kappa shape index (κ1) is 10.8. The maximum absolute atomic E-state index is 4.71. The third-order valence-corrected chi connectivity index (χ3v) is 4.99. The average Bonchev–Trinajstić information content (AvgIpc) is 2.74. The Kier molecular flexibility index (Phi) is 2.84. The van der Waals surface area contributed by atoms with Crippen molar-refractivity contribution in [3.63, 3.8) is 0 Å². The van der Waals surface area contributed by atoms with Crippen LogP contribution in [0.5, 0.6) is 0 Å². The summed E-state index contributed by atoms with van der Waals surface area (Å²) in [5, 5.41) is 0. The molecular weight excluding hydrogens is 273 g/mol. The van der Waals surface area contributed by atoms with Crippen LogP contribution in [0.15, 0.2) is 48.5 Å². The van der Waals surface area contributed by atoms with Crippen LogP contribution in [0.1, 0.15) is 15.7 Å². The molecule has 0 fully saturated rings. The monoisotopic (exact) mass is 287 g/mol. The van der Waals surface area contributed by atoms with Crippen LogP contribution in [0.25, 0.3) is 9.78 Å². The first-order valence-corrected chi connectivity index (χ1v) is 7.42. The molecule has 0 saturated heterocycles. The van der Waals surface area contributed by atoms with Crippen molar-refractivity contribution in [2.75, 3.05) is 0 Å². The molecule has 0 aliphatic heterocycles. The van der Waals surface area contributed by atoms with Crippen LogP contribution < -0.4 is 0 Å². The Labute approximate surface area is 107 Å². The number of hydrogen-bond acceptors (Lipinski definition) is 1. The molecule has 0 bridgehead atoms. The number of para-hydroxylation sites is 1. The Morgan fingerprint density at radius 1 is 1.00 bits per heavy atom. The van der Waals surface area contributed by atoms with E-state index in [1.165, 1.54) is 25.5 Å². The van der Waals surface area contributed by atoms with Gasteiger partial charge in [0.25, 0.3) is 0 Å². The molecule has 0 aliphatic rings. The summed E-state index contributed by atoms with van der Waals surface area (Å²) in [6.45, 7) is 2.12. The standard InChI is InChI=1S/C15H13NSe/c1-11-6-8-12(9-7-11)10-15-16-13-4-2-3-5-14(13)17-15/h2-9H,10H2,1H3. The van der Waals surface area contributed by atoms with Gasteiger partial charge < -0.3 is 0 Å². The van der Waals surface area contributed by atoms with Gasteiger partial charge in [0.1, 0.15) is 0 Å². The molecule has 0 atom stereocenters. The Morgan fingerprint density at radius 2 is 1.76 bits per heavy atom. The molecule has 1 nitrogen and oxygen atoms in total. The summed E-state index contributed by atoms with van der Waals surface area (Å²) in [5.41, 5.74) is 3.86. The van der Waals surface area contributed by atoms with E-state index in [9.17, 15) is 0 Å². The van der Waals surface area contributed by atoms with Gasteiger partial charge in [-0.25, -0.2) is 0 Å². The summed E-state index contributed by atoms with van der Waals surface area (Å²) < 4.78 is 2.75. The van der Waals surface area contributed by atoms with Crippen LogP contribution in [0, 0.1) is 6.92 Å². The van der Waals surface area contributed by atoms with Gasteiger partial charge in [-0.2, -0.15) is 0 Å². The van der Waals surface area contributed by atoms with E-state index in [0.717, 1.165) is 6.42 Å². The summed E-state index contributed by atoms with van der Waals surface area (Å²) in [7, 11) is 0. The molecule has 0 aliphatic carbocycles. The third kappa shape index (κ3) is 2.33. The molecule has 1 aromatic heterocycles. The number of aromatic nitrogens is 1. The fourth-order valence-corrected chi connectivity index (χ4v) is 3.98. The van der Waals surface area contributed by atoms with Gasteiger partial charge in [0.05, 0.1) is 0 Å². The Balaban J connectivity index is 1.92. The van der Waals surface area contributed by atoms with Crippen molar-refractivity contribution in [3.8, 4) is 0 Å². The number of benzene rings is 2. The maximum atomic E-state index is 4.71. The molecule has 0 radical (unpaired) electrons. The minimum atomic E-state index is 0.418. The second-order valence-electron chi connectivity index (χ2n) is 4.24. The van der Waals surface area contributed by atoms with Gasteiger partial charge in [0.15, 0.2) is 0 Å². The molecule has 0 amide bonds. The summed E-state index contributed by atoms with van der Waals surface area (Å²) in [5.74, 6) is 0. The Morgan fingerprint density at radius 3 is 2.53 bits per heavy atom. The van der Waals surface area contributed by atoms with Gasteiger partial charge in [0.2, 0.25) is 0 Å². The van der Waals surface area contributed by atoms with Crippen molar-refractivity contribution in [1.82, 2.24) is 4.98 Å². The molecule has 2 aromatic carbocycles. The molecule has 0 N–H and O–H groups in total. The van der Waals surface area contributed by atoms with E-state index in [4.69, 9.17) is 4.98 Å². The van der Waals surface area contributed by atoms with E-state index in [2.05, 4.69) is 55.5 Å². The fraction of sp³-hybridized carbons (Fsp3) is 0.133. The molecule has 2 heteroatoms. The number of rotatable bonds is 2. The summed E-state index contributed by atoms with van der Waals surface area (Å²) in [6.07, 6.45) is 0.995. The second-order valence-corrected chi connectivity index (χ2v) is 6.58. The van der Waals surface area contributed by atoms with E-state index in [1.807, 2.05) is 0 Å². The molecule has 84 valence electrons. The van der Waals surface area contributed by atoms with Crippen molar-refractivity contribution in [1.29, 1.82) is 0 Å². The van der Waals surface area contributed by atoms with Crippen LogP contribution in [0.3, 0.4) is 0 Å². The van der Waals surface area contributed by atoms with E-state index < -0.39 is 0 Å². The van der Waals surface area contributed by atoms with Crippen LogP contribution >= 0.6 is 0 Å². The van der Waals surface area contributed by atoms with Gasteiger partial charge in [0, 0.05) is 0 Å². The van der Waals surface area contributed by atoms with Gasteiger partial charge in [-0.05, 0) is 0 Å². The molecule has 17 heavy (non-hydrogen) atoms. The van der Waals surface area contributed by atoms with Crippen molar-refractivity contribution in [3.05, 3.63) is 64.2 Å². The zero-order valence-corrected chi connectivity index (χ0v) is 11.4. The minimum absolute atomic E-state index is 0.418. The predicted molar refractivity (Wildman–Crippen MR) is 72.7 cm³/mol. The molecule has 3 rings (SSSR count). The van der Waals surface area contributed by atoms with E-state index >= 15 is 0 Å². The topological polar surface area (TPSA) is 12.9 Å². The van der Waals surface area contributed by atoms with E-state index in [0.29, 0.717) is 14.5 Å². The van der Waals surface area contributed by atoms with Gasteiger partial charge in [-0.15, -0.1) is 0 Å². The third-order valence-electron chi connectivity index (χ3n) is 2.81. The molecular formula is C15H13NSe. The zero-order chi connectivity index (χ0) is 11.7. The molecule has 0 spiro atoms. The number of hydrogen-bond donors (Lipinski definition) is 0. The quantitative estimate of drug-likeness (QED) is 0.659. The summed E-state index contributed by atoms with van der Waals surface area (Å²) in [6, 6.07) is 17.2. The molecule has 0 saturated carbocycles. The molecule has 3 aromatic rings. The number of fused-ring (bicyclic) bond motifs is 1. The van der Waals surface area contributed by atoms with Crippen LogP contribution in [-0.4, -0.2) is 19.5 Å². The molecule has 0 unspecified atom stereocenters. The van der Waals surface area contributed by atoms with Gasteiger partial charge in [-0.3, -0.25) is 0 Å². The number of aryl methyl sites for hydroxylation is 1. The Hall–Kier alpha value is -1.37. The predicted octanol–water partition coefficient (Wildman–Crippen LogP) is 3.19. The fourth-order valence-electron chi connectivity index (χ4n) is 1.88. The summed E-state index contributed by atoms with van der Waals surface area (Å²) in [4.78, 5) is 4.71. The normalized spacial score (nSPS) is 10.9. The van der Waals surface area contributed by atoms with Gasteiger partial charge >= 0.3 is 107 Å². The van der Waals surface area contributed by atoms with Crippen LogP contribution in [0.2, 0.25) is 0 Å². The van der Waals surface area contributed by atoms with Crippen molar-refractivity contribution >= 4 is 24.3 Å². The van der Waals surface area contributed by atoms with E-state index in [-0.39, 0.29) is 0 Å². The van der Waals surface area contributed by atoms with Crippen molar-refractivity contribution < 1.29 is 0 Å². The average molecular weight is 286 g/mol. The Bertz CT molecular complexity index is 604. The van der Waals surface area contributed by atoms with Crippen LogP contribution in [0.4, 0.5) is 0 Å². The zero-order valence-electron chi connectivity index (χ0n) is 9.68. The first-order chi connectivity index (χ1) is 8.31. The van der Waals surface area contributed by atoms with Gasteiger partial charge in [-0.1, -0.05) is 0 Å². The molecule has 1 heterocycles. The van der Waals surface area contributed by atoms with E-state index in [1.54, 1.807) is 0 Å².